The van der Waals surface area contributed by atoms with Crippen LogP contribution in [0.3, 0.4) is 0 Å². The summed E-state index contributed by atoms with van der Waals surface area (Å²) in [5.74, 6) is 2.57. The van der Waals surface area contributed by atoms with Crippen LogP contribution in [-0.4, -0.2) is 34.0 Å². The fourth-order valence-electron chi connectivity index (χ4n) is 2.81. The van der Waals surface area contributed by atoms with Crippen LogP contribution in [0.4, 0.5) is 9.18 Å². The summed E-state index contributed by atoms with van der Waals surface area (Å²) in [5, 5.41) is 0. The molecule has 2 aromatic carbocycles. The Kier molecular flexibility index (Phi) is 5.46. The van der Waals surface area contributed by atoms with E-state index in [0.717, 1.165) is 13.2 Å². The molecule has 1 amide bonds. The van der Waals surface area contributed by atoms with E-state index < -0.39 is 28.6 Å². The van der Waals surface area contributed by atoms with E-state index in [1.165, 1.54) is 30.3 Å². The summed E-state index contributed by atoms with van der Waals surface area (Å²) >= 11 is 0. The number of hydrogen-bond acceptors (Lipinski definition) is 5. The largest absolute Gasteiger partial charge is 0.452 e. The molecule has 1 heterocycles. The molecule has 0 spiro atoms. The Morgan fingerprint density at radius 1 is 1.07 bits per heavy atom. The first-order chi connectivity index (χ1) is 13.3. The number of carbonyl (C=O) groups excluding carboxylic acids is 2. The third kappa shape index (κ3) is 3.89. The van der Waals surface area contributed by atoms with Crippen molar-refractivity contribution < 1.29 is 27.1 Å². The van der Waals surface area contributed by atoms with Crippen molar-refractivity contribution in [3.05, 3.63) is 77.9 Å². The molecule has 142 valence electrons. The second-order valence-electron chi connectivity index (χ2n) is 5.95. The van der Waals surface area contributed by atoms with Gasteiger partial charge >= 0.3 is 6.09 Å². The van der Waals surface area contributed by atoms with Crippen LogP contribution in [-0.2, 0) is 14.8 Å². The van der Waals surface area contributed by atoms with Gasteiger partial charge in [0.25, 0.3) is 16.7 Å². The first-order valence-electron chi connectivity index (χ1n) is 8.22. The summed E-state index contributed by atoms with van der Waals surface area (Å²) in [7, 11) is -3.20. The van der Waals surface area contributed by atoms with Gasteiger partial charge in [0.15, 0.2) is 0 Å². The summed E-state index contributed by atoms with van der Waals surface area (Å²) in [5.41, 5.74) is -0.0462. The molecule has 0 fully saturated rings. The van der Waals surface area contributed by atoms with Gasteiger partial charge in [0.05, 0.1) is 12.0 Å². The zero-order chi connectivity index (χ0) is 20.3. The van der Waals surface area contributed by atoms with Crippen LogP contribution in [0.25, 0.3) is 11.1 Å². The highest BCUT2D eigenvalue weighted by atomic mass is 32.2. The van der Waals surface area contributed by atoms with Gasteiger partial charge in [0.2, 0.25) is 0 Å². The van der Waals surface area contributed by atoms with Crippen molar-refractivity contribution >= 4 is 28.5 Å². The number of amides is 1. The minimum absolute atomic E-state index is 0.0852. The average molecular weight is 399 g/mol. The maximum absolute atomic E-state index is 14.6. The molecule has 0 radical (unpaired) electrons. The van der Waals surface area contributed by atoms with E-state index in [2.05, 4.69) is 4.74 Å². The molecule has 1 N–H and O–H groups in total. The number of methoxy groups -OCH3 is 1. The number of hydrogen-bond donors (Lipinski definition) is 1. The highest BCUT2D eigenvalue weighted by Crippen LogP contribution is 2.29. The lowest BCUT2D eigenvalue weighted by molar-refractivity contribution is 0.107. The summed E-state index contributed by atoms with van der Waals surface area (Å²) in [6.07, 6.45) is 2.29. The molecule has 0 aromatic heterocycles. The van der Waals surface area contributed by atoms with Gasteiger partial charge in [0, 0.05) is 11.1 Å². The maximum atomic E-state index is 14.6. The zero-order valence-electron chi connectivity index (χ0n) is 14.8. The zero-order valence-corrected chi connectivity index (χ0v) is 15.6. The third-order valence-electron chi connectivity index (χ3n) is 4.18. The molecule has 0 unspecified atom stereocenters. The van der Waals surface area contributed by atoms with Crippen LogP contribution in [0.5, 0.6) is 0 Å². The standard InChI is InChI=1S/C19H15BFNO5S/c1-27-19(24)22-28(25,26)17-7-3-2-6-14(17)13-8-9-15(16(21)12-13)18(23)20-10-4-5-11-20/h2-12H,1H3,(H,22,24). The van der Waals surface area contributed by atoms with E-state index in [-0.39, 0.29) is 27.3 Å². The molecular weight excluding hydrogens is 384 g/mol. The van der Waals surface area contributed by atoms with Crippen molar-refractivity contribution in [2.24, 2.45) is 0 Å². The Labute approximate surface area is 161 Å². The number of ether oxygens (including phenoxy) is 1. The Morgan fingerprint density at radius 3 is 2.39 bits per heavy atom. The molecule has 0 saturated carbocycles. The predicted octanol–water partition coefficient (Wildman–Crippen LogP) is 2.96. The van der Waals surface area contributed by atoms with Gasteiger partial charge in [-0.3, -0.25) is 0 Å². The number of allylic oxidation sites excluding steroid dienone is 2. The highest BCUT2D eigenvalue weighted by molar-refractivity contribution is 7.90. The quantitative estimate of drug-likeness (QED) is 0.781. The minimum atomic E-state index is -4.23. The number of nitrogens with one attached hydrogen (secondary N) is 1. The average Bonchev–Trinajstić information content (AvgIpc) is 3.22. The lowest BCUT2D eigenvalue weighted by Gasteiger charge is -2.12. The summed E-state index contributed by atoms with van der Waals surface area (Å²) < 4.78 is 45.6. The van der Waals surface area contributed by atoms with Crippen LogP contribution >= 0.6 is 0 Å². The SMILES string of the molecule is COC(=O)NS(=O)(=O)c1ccccc1-c1ccc(C(=O)B2C=CC=C2)c(F)c1. The van der Waals surface area contributed by atoms with Gasteiger partial charge in [-0.25, -0.2) is 22.3 Å². The van der Waals surface area contributed by atoms with Crippen molar-refractivity contribution in [1.29, 1.82) is 0 Å². The smallest absolute Gasteiger partial charge is 0.420 e. The Balaban J connectivity index is 2.00. The first kappa shape index (κ1) is 19.6. The molecule has 3 rings (SSSR count). The van der Waals surface area contributed by atoms with Gasteiger partial charge in [-0.2, -0.15) is 0 Å². The minimum Gasteiger partial charge on any atom is -0.452 e. The highest BCUT2D eigenvalue weighted by Gasteiger charge is 2.25. The van der Waals surface area contributed by atoms with Crippen LogP contribution < -0.4 is 4.72 Å². The van der Waals surface area contributed by atoms with Crippen molar-refractivity contribution in [3.63, 3.8) is 0 Å². The Bertz CT molecular complexity index is 1100. The van der Waals surface area contributed by atoms with E-state index in [1.54, 1.807) is 34.9 Å². The molecule has 0 atom stereocenters. The first-order valence-corrected chi connectivity index (χ1v) is 9.71. The molecule has 9 heteroatoms. The fourth-order valence-corrected chi connectivity index (χ4v) is 3.96. The monoisotopic (exact) mass is 399 g/mol. The van der Waals surface area contributed by atoms with E-state index in [1.807, 2.05) is 0 Å². The second kappa shape index (κ2) is 7.81. The molecule has 1 aliphatic heterocycles. The number of carbonyl (C=O) groups is 2. The van der Waals surface area contributed by atoms with E-state index in [4.69, 9.17) is 0 Å². The van der Waals surface area contributed by atoms with Crippen molar-refractivity contribution in [1.82, 2.24) is 4.72 Å². The fraction of sp³-hybridized carbons (Fsp3) is 0.0526. The van der Waals surface area contributed by atoms with Gasteiger partial charge in [0.1, 0.15) is 11.5 Å². The molecule has 28 heavy (non-hydrogen) atoms. The molecule has 0 saturated heterocycles. The summed E-state index contributed by atoms with van der Waals surface area (Å²) in [6, 6.07) is 9.70. The second-order valence-corrected chi connectivity index (χ2v) is 7.60. The Morgan fingerprint density at radius 2 is 1.75 bits per heavy atom. The lowest BCUT2D eigenvalue weighted by Crippen LogP contribution is -2.30. The molecule has 2 aromatic rings. The maximum Gasteiger partial charge on any atom is 0.420 e. The number of sulfonamides is 1. The van der Waals surface area contributed by atoms with Crippen molar-refractivity contribution in [2.75, 3.05) is 7.11 Å². The Hall–Kier alpha value is -3.20. The molecule has 6 nitrogen and oxygen atoms in total. The number of rotatable bonds is 5. The summed E-state index contributed by atoms with van der Waals surface area (Å²) in [4.78, 5) is 23.5. The normalized spacial score (nSPS) is 12.9. The molecular formula is C19H15BFNO5S. The van der Waals surface area contributed by atoms with E-state index in [9.17, 15) is 22.4 Å². The van der Waals surface area contributed by atoms with Crippen LogP contribution in [0, 0.1) is 5.82 Å². The van der Waals surface area contributed by atoms with Crippen LogP contribution in [0.2, 0.25) is 0 Å². The van der Waals surface area contributed by atoms with Gasteiger partial charge in [-0.1, -0.05) is 36.4 Å². The third-order valence-corrected chi connectivity index (χ3v) is 5.55. The van der Waals surface area contributed by atoms with Gasteiger partial charge in [-0.05, 0) is 23.8 Å². The number of benzene rings is 2. The molecule has 0 bridgehead atoms. The summed E-state index contributed by atoms with van der Waals surface area (Å²) in [6.45, 7) is -0.516. The predicted molar refractivity (Wildman–Crippen MR) is 103 cm³/mol. The molecule has 0 aliphatic carbocycles. The van der Waals surface area contributed by atoms with E-state index in [0.29, 0.717) is 0 Å². The van der Waals surface area contributed by atoms with Gasteiger partial charge < -0.3 is 9.53 Å². The topological polar surface area (TPSA) is 89.5 Å². The van der Waals surface area contributed by atoms with Crippen molar-refractivity contribution in [3.8, 4) is 11.1 Å². The van der Waals surface area contributed by atoms with Gasteiger partial charge in [-0.15, -0.1) is 12.0 Å². The van der Waals surface area contributed by atoms with Crippen LogP contribution in [0.1, 0.15) is 10.4 Å². The number of halogens is 1. The van der Waals surface area contributed by atoms with Crippen LogP contribution in [0.15, 0.2) is 71.5 Å². The lowest BCUT2D eigenvalue weighted by atomic mass is 9.47. The molecule has 1 aliphatic rings. The van der Waals surface area contributed by atoms with Crippen molar-refractivity contribution in [2.45, 2.75) is 4.90 Å². The van der Waals surface area contributed by atoms with E-state index >= 15 is 0 Å².